The summed E-state index contributed by atoms with van der Waals surface area (Å²) in [5.74, 6) is 0.233. The second-order valence-corrected chi connectivity index (χ2v) is 4.75. The Bertz CT molecular complexity index is 400. The molecule has 0 aliphatic carbocycles. The van der Waals surface area contributed by atoms with Gasteiger partial charge in [0.1, 0.15) is 0 Å². The maximum atomic E-state index is 12.1. The first kappa shape index (κ1) is 13.1. The highest BCUT2D eigenvalue weighted by Gasteiger charge is 2.24. The fourth-order valence-electron chi connectivity index (χ4n) is 2.46. The zero-order valence-electron chi connectivity index (χ0n) is 11.3. The Morgan fingerprint density at radius 3 is 3.00 bits per heavy atom. The molecule has 0 N–H and O–H groups in total. The third kappa shape index (κ3) is 2.93. The Kier molecular flexibility index (Phi) is 4.42. The van der Waals surface area contributed by atoms with E-state index < -0.39 is 0 Å². The number of hydrogen-bond donors (Lipinski definition) is 0. The van der Waals surface area contributed by atoms with Gasteiger partial charge in [0.25, 0.3) is 0 Å². The van der Waals surface area contributed by atoms with Crippen LogP contribution in [0.3, 0.4) is 0 Å². The summed E-state index contributed by atoms with van der Waals surface area (Å²) in [4.78, 5) is 14.0. The lowest BCUT2D eigenvalue weighted by molar-refractivity contribution is -0.133. The molecule has 0 radical (unpaired) electrons. The van der Waals surface area contributed by atoms with Crippen molar-refractivity contribution in [3.05, 3.63) is 24.0 Å². The number of rotatable bonds is 4. The molecule has 1 aromatic heterocycles. The lowest BCUT2D eigenvalue weighted by Crippen LogP contribution is -2.37. The van der Waals surface area contributed by atoms with Gasteiger partial charge < -0.3 is 14.2 Å². The maximum absolute atomic E-state index is 12.1. The molecular weight excluding hydrogens is 228 g/mol. The fourth-order valence-corrected chi connectivity index (χ4v) is 2.46. The van der Waals surface area contributed by atoms with Crippen LogP contribution < -0.4 is 0 Å². The summed E-state index contributed by atoms with van der Waals surface area (Å²) in [7, 11) is 0. The van der Waals surface area contributed by atoms with Crippen LogP contribution >= 0.6 is 0 Å². The number of amides is 1. The summed E-state index contributed by atoms with van der Waals surface area (Å²) in [5, 5.41) is 0. The minimum absolute atomic E-state index is 0.101. The zero-order chi connectivity index (χ0) is 13.0. The minimum Gasteiger partial charge on any atom is -0.375 e. The molecule has 0 saturated heterocycles. The molecular formula is C14H22N2O2. The number of aromatic nitrogens is 1. The second kappa shape index (κ2) is 6.05. The van der Waals surface area contributed by atoms with Crippen molar-refractivity contribution in [2.24, 2.45) is 0 Å². The molecule has 2 heterocycles. The molecule has 1 atom stereocenters. The van der Waals surface area contributed by atoms with E-state index in [-0.39, 0.29) is 12.0 Å². The highest BCUT2D eigenvalue weighted by atomic mass is 16.5. The van der Waals surface area contributed by atoms with Gasteiger partial charge in [0.05, 0.1) is 19.2 Å². The molecule has 4 heteroatoms. The molecule has 0 fully saturated rings. The highest BCUT2D eigenvalue weighted by Crippen LogP contribution is 2.16. The van der Waals surface area contributed by atoms with Crippen LogP contribution in [0.1, 0.15) is 32.4 Å². The number of fused-ring (bicyclic) bond motifs is 1. The van der Waals surface area contributed by atoms with Crippen LogP contribution in [0.4, 0.5) is 0 Å². The largest absolute Gasteiger partial charge is 0.375 e. The van der Waals surface area contributed by atoms with E-state index >= 15 is 0 Å². The van der Waals surface area contributed by atoms with Crippen LogP contribution in [0.15, 0.2) is 18.3 Å². The summed E-state index contributed by atoms with van der Waals surface area (Å²) < 4.78 is 7.93. The Balaban J connectivity index is 2.14. The quantitative estimate of drug-likeness (QED) is 0.819. The monoisotopic (exact) mass is 250 g/mol. The lowest BCUT2D eigenvalue weighted by atomic mass is 10.2. The van der Waals surface area contributed by atoms with Crippen molar-refractivity contribution >= 4 is 5.91 Å². The number of carbonyl (C=O) groups is 1. The third-order valence-electron chi connectivity index (χ3n) is 3.32. The van der Waals surface area contributed by atoms with Gasteiger partial charge in [-0.25, -0.2) is 0 Å². The van der Waals surface area contributed by atoms with Gasteiger partial charge in [0.15, 0.2) is 0 Å². The van der Waals surface area contributed by atoms with Crippen molar-refractivity contribution in [1.82, 2.24) is 9.47 Å². The predicted octanol–water partition coefficient (Wildman–Crippen LogP) is 2.04. The van der Waals surface area contributed by atoms with Gasteiger partial charge in [-0.1, -0.05) is 6.92 Å². The molecule has 1 aliphatic rings. The number of carbonyl (C=O) groups excluding carboxylic acids is 1. The summed E-state index contributed by atoms with van der Waals surface area (Å²) in [5.41, 5.74) is 1.20. The Morgan fingerprint density at radius 2 is 2.28 bits per heavy atom. The van der Waals surface area contributed by atoms with Crippen molar-refractivity contribution in [3.8, 4) is 0 Å². The van der Waals surface area contributed by atoms with Crippen molar-refractivity contribution in [2.45, 2.75) is 45.9 Å². The summed E-state index contributed by atoms with van der Waals surface area (Å²) in [6.07, 6.45) is 3.69. The van der Waals surface area contributed by atoms with E-state index in [4.69, 9.17) is 4.74 Å². The van der Waals surface area contributed by atoms with Gasteiger partial charge in [-0.05, 0) is 25.5 Å². The molecule has 0 unspecified atom stereocenters. The number of hydrogen-bond acceptors (Lipinski definition) is 2. The van der Waals surface area contributed by atoms with Crippen molar-refractivity contribution in [3.63, 3.8) is 0 Å². The number of ether oxygens (including phenoxy) is 1. The van der Waals surface area contributed by atoms with Crippen molar-refractivity contribution < 1.29 is 9.53 Å². The Morgan fingerprint density at radius 1 is 1.44 bits per heavy atom. The SMILES string of the molecule is CCCC(=O)N1Cc2cccn2C[C@H](OCC)C1. The van der Waals surface area contributed by atoms with Gasteiger partial charge in [-0.2, -0.15) is 0 Å². The summed E-state index contributed by atoms with van der Waals surface area (Å²) in [6.45, 7) is 6.98. The number of nitrogens with zero attached hydrogens (tertiary/aromatic N) is 2. The van der Waals surface area contributed by atoms with Gasteiger partial charge in [-0.3, -0.25) is 4.79 Å². The van der Waals surface area contributed by atoms with E-state index in [1.165, 1.54) is 5.69 Å². The van der Waals surface area contributed by atoms with E-state index in [2.05, 4.69) is 16.8 Å². The first-order valence-electron chi connectivity index (χ1n) is 6.78. The lowest BCUT2D eigenvalue weighted by Gasteiger charge is -2.24. The van der Waals surface area contributed by atoms with E-state index in [9.17, 15) is 4.79 Å². The van der Waals surface area contributed by atoms with E-state index in [1.807, 2.05) is 24.8 Å². The van der Waals surface area contributed by atoms with Crippen molar-refractivity contribution in [1.29, 1.82) is 0 Å². The third-order valence-corrected chi connectivity index (χ3v) is 3.32. The molecule has 4 nitrogen and oxygen atoms in total. The molecule has 2 rings (SSSR count). The summed E-state index contributed by atoms with van der Waals surface area (Å²) >= 11 is 0. The predicted molar refractivity (Wildman–Crippen MR) is 70.2 cm³/mol. The first-order valence-corrected chi connectivity index (χ1v) is 6.78. The van der Waals surface area contributed by atoms with Crippen LogP contribution in [-0.2, 0) is 22.6 Å². The average molecular weight is 250 g/mol. The van der Waals surface area contributed by atoms with Crippen LogP contribution in [0.5, 0.6) is 0 Å². The first-order chi connectivity index (χ1) is 8.74. The van der Waals surface area contributed by atoms with Crippen molar-refractivity contribution in [2.75, 3.05) is 13.2 Å². The Labute approximate surface area is 109 Å². The molecule has 100 valence electrons. The smallest absolute Gasteiger partial charge is 0.222 e. The fraction of sp³-hybridized carbons (Fsp3) is 0.643. The summed E-state index contributed by atoms with van der Waals surface area (Å²) in [6, 6.07) is 4.12. The molecule has 18 heavy (non-hydrogen) atoms. The molecule has 0 aromatic carbocycles. The van der Waals surface area contributed by atoms with Gasteiger partial charge >= 0.3 is 0 Å². The van der Waals surface area contributed by atoms with E-state index in [1.54, 1.807) is 0 Å². The average Bonchev–Trinajstić information content (AvgIpc) is 2.69. The molecule has 1 aromatic rings. The normalized spacial score (nSPS) is 19.4. The van der Waals surface area contributed by atoms with Crippen LogP contribution in [0, 0.1) is 0 Å². The van der Waals surface area contributed by atoms with Gasteiger partial charge in [-0.15, -0.1) is 0 Å². The molecule has 1 amide bonds. The van der Waals surface area contributed by atoms with E-state index in [0.29, 0.717) is 26.1 Å². The van der Waals surface area contributed by atoms with Crippen LogP contribution in [0.2, 0.25) is 0 Å². The maximum Gasteiger partial charge on any atom is 0.222 e. The van der Waals surface area contributed by atoms with E-state index in [0.717, 1.165) is 13.0 Å². The standard InChI is InChI=1S/C14H22N2O2/c1-3-6-14(17)16-9-12-7-5-8-15(12)10-13(11-16)18-4-2/h5,7-8,13H,3-4,6,9-11H2,1-2H3/t13-/m0/s1. The zero-order valence-corrected chi connectivity index (χ0v) is 11.3. The topological polar surface area (TPSA) is 34.5 Å². The highest BCUT2D eigenvalue weighted by molar-refractivity contribution is 5.76. The Hall–Kier alpha value is -1.29. The molecule has 0 saturated carbocycles. The van der Waals surface area contributed by atoms with Crippen LogP contribution in [-0.4, -0.2) is 34.6 Å². The second-order valence-electron chi connectivity index (χ2n) is 4.75. The molecule has 1 aliphatic heterocycles. The molecule has 0 bridgehead atoms. The minimum atomic E-state index is 0.101. The van der Waals surface area contributed by atoms with Crippen LogP contribution in [0.25, 0.3) is 0 Å². The van der Waals surface area contributed by atoms with Gasteiger partial charge in [0.2, 0.25) is 5.91 Å². The van der Waals surface area contributed by atoms with Gasteiger partial charge in [0, 0.05) is 31.5 Å². The molecule has 0 spiro atoms.